The van der Waals surface area contributed by atoms with Crippen molar-refractivity contribution >= 4 is 45.5 Å². The topological polar surface area (TPSA) is 55.8 Å². The van der Waals surface area contributed by atoms with Crippen LogP contribution in [0.4, 0.5) is 17.1 Å². The van der Waals surface area contributed by atoms with Crippen LogP contribution in [0.2, 0.25) is 0 Å². The number of fused-ring (bicyclic) bond motifs is 2. The normalized spacial score (nSPS) is 12.4. The van der Waals surface area contributed by atoms with Gasteiger partial charge in [0, 0.05) is 28.2 Å². The molecule has 6 rings (SSSR count). The van der Waals surface area contributed by atoms with Crippen LogP contribution < -0.4 is 14.4 Å². The molecule has 5 nitrogen and oxygen atoms in total. The fourth-order valence-electron chi connectivity index (χ4n) is 4.94. The van der Waals surface area contributed by atoms with E-state index in [-0.39, 0.29) is 17.1 Å². The molecule has 1 aliphatic rings. The summed E-state index contributed by atoms with van der Waals surface area (Å²) < 4.78 is 10.7. The highest BCUT2D eigenvalue weighted by Gasteiger charge is 2.33. The SMILES string of the molecule is COc1ccc(N(c2ccc(C=C3C(=O)c4cc5ccccc5cc4C3=O)cc2)c2ccc(OC)cc2)cc1. The Morgan fingerprint density at radius 2 is 0.974 bits per heavy atom. The van der Waals surface area contributed by atoms with E-state index in [0.717, 1.165) is 44.9 Å². The number of rotatable bonds is 6. The molecule has 0 atom stereocenters. The summed E-state index contributed by atoms with van der Waals surface area (Å²) in [6, 6.07) is 34.8. The average molecular weight is 512 g/mol. The summed E-state index contributed by atoms with van der Waals surface area (Å²) in [4.78, 5) is 28.5. The lowest BCUT2D eigenvalue weighted by molar-refractivity contribution is 0.0990. The van der Waals surface area contributed by atoms with Gasteiger partial charge in [-0.25, -0.2) is 0 Å². The fraction of sp³-hybridized carbons (Fsp3) is 0.0588. The molecule has 0 saturated carbocycles. The Hall–Kier alpha value is -5.16. The molecule has 0 unspecified atom stereocenters. The zero-order chi connectivity index (χ0) is 26.9. The molecule has 0 spiro atoms. The van der Waals surface area contributed by atoms with Gasteiger partial charge in [-0.15, -0.1) is 0 Å². The van der Waals surface area contributed by atoms with Crippen molar-refractivity contribution in [3.8, 4) is 11.5 Å². The minimum absolute atomic E-state index is 0.190. The molecular formula is C34H25NO4. The van der Waals surface area contributed by atoms with Crippen molar-refractivity contribution in [1.82, 2.24) is 0 Å². The van der Waals surface area contributed by atoms with Crippen molar-refractivity contribution in [1.29, 1.82) is 0 Å². The zero-order valence-electron chi connectivity index (χ0n) is 21.5. The van der Waals surface area contributed by atoms with Gasteiger partial charge in [0.05, 0.1) is 19.8 Å². The number of benzene rings is 5. The summed E-state index contributed by atoms with van der Waals surface area (Å²) in [7, 11) is 3.29. The third-order valence-electron chi connectivity index (χ3n) is 6.99. The zero-order valence-corrected chi connectivity index (χ0v) is 21.5. The van der Waals surface area contributed by atoms with Crippen molar-refractivity contribution in [2.45, 2.75) is 0 Å². The van der Waals surface area contributed by atoms with Crippen molar-refractivity contribution in [3.63, 3.8) is 0 Å². The van der Waals surface area contributed by atoms with E-state index in [1.54, 1.807) is 20.3 Å². The van der Waals surface area contributed by atoms with E-state index in [4.69, 9.17) is 9.47 Å². The molecule has 5 aromatic carbocycles. The molecule has 0 heterocycles. The lowest BCUT2D eigenvalue weighted by Gasteiger charge is -2.26. The molecular weight excluding hydrogens is 486 g/mol. The van der Waals surface area contributed by atoms with Gasteiger partial charge in [-0.1, -0.05) is 36.4 Å². The van der Waals surface area contributed by atoms with Crippen LogP contribution in [0.25, 0.3) is 16.8 Å². The van der Waals surface area contributed by atoms with E-state index >= 15 is 0 Å². The van der Waals surface area contributed by atoms with E-state index in [1.807, 2.05) is 109 Å². The van der Waals surface area contributed by atoms with Gasteiger partial charge in [0.25, 0.3) is 0 Å². The van der Waals surface area contributed by atoms with Gasteiger partial charge in [-0.2, -0.15) is 0 Å². The van der Waals surface area contributed by atoms with E-state index < -0.39 is 0 Å². The number of carbonyl (C=O) groups excluding carboxylic acids is 2. The highest BCUT2D eigenvalue weighted by Crippen LogP contribution is 2.37. The maximum atomic E-state index is 13.2. The maximum Gasteiger partial charge on any atom is 0.197 e. The van der Waals surface area contributed by atoms with Gasteiger partial charge in [0.15, 0.2) is 11.6 Å². The molecule has 0 aromatic heterocycles. The first kappa shape index (κ1) is 24.2. The fourth-order valence-corrected chi connectivity index (χ4v) is 4.94. The molecule has 0 bridgehead atoms. The van der Waals surface area contributed by atoms with Crippen LogP contribution in [0.3, 0.4) is 0 Å². The number of anilines is 3. The third kappa shape index (κ3) is 4.44. The number of ketones is 2. The molecule has 5 heteroatoms. The van der Waals surface area contributed by atoms with Crippen molar-refractivity contribution < 1.29 is 19.1 Å². The summed E-state index contributed by atoms with van der Waals surface area (Å²) in [6.07, 6.45) is 1.68. The lowest BCUT2D eigenvalue weighted by atomic mass is 10.0. The number of methoxy groups -OCH3 is 2. The van der Waals surface area contributed by atoms with Crippen molar-refractivity contribution in [2.75, 3.05) is 19.1 Å². The molecule has 0 aliphatic heterocycles. The minimum Gasteiger partial charge on any atom is -0.497 e. The van der Waals surface area contributed by atoms with Gasteiger partial charge >= 0.3 is 0 Å². The van der Waals surface area contributed by atoms with Crippen molar-refractivity contribution in [2.24, 2.45) is 0 Å². The Balaban J connectivity index is 1.35. The maximum absolute atomic E-state index is 13.2. The molecule has 0 N–H and O–H groups in total. The summed E-state index contributed by atoms with van der Waals surface area (Å²) >= 11 is 0. The Morgan fingerprint density at radius 3 is 1.38 bits per heavy atom. The second-order valence-corrected chi connectivity index (χ2v) is 9.28. The number of allylic oxidation sites excluding steroid dienone is 1. The second kappa shape index (κ2) is 9.95. The van der Waals surface area contributed by atoms with Crippen LogP contribution >= 0.6 is 0 Å². The summed E-state index contributed by atoms with van der Waals surface area (Å²) in [6.45, 7) is 0. The van der Waals surface area contributed by atoms with E-state index in [9.17, 15) is 9.59 Å². The first-order valence-electron chi connectivity index (χ1n) is 12.6. The Kier molecular flexibility index (Phi) is 6.17. The van der Waals surface area contributed by atoms with Crippen molar-refractivity contribution in [3.05, 3.63) is 131 Å². The van der Waals surface area contributed by atoms with Gasteiger partial charge < -0.3 is 14.4 Å². The van der Waals surface area contributed by atoms with Gasteiger partial charge in [-0.05, 0) is 95.2 Å². The Bertz CT molecular complexity index is 1630. The first-order chi connectivity index (χ1) is 19.1. The summed E-state index contributed by atoms with van der Waals surface area (Å²) in [5.74, 6) is 1.08. The molecule has 0 amide bonds. The Morgan fingerprint density at radius 1 is 0.564 bits per heavy atom. The second-order valence-electron chi connectivity index (χ2n) is 9.28. The van der Waals surface area contributed by atoms with Gasteiger partial charge in [0.2, 0.25) is 0 Å². The minimum atomic E-state index is -0.233. The standard InChI is InChI=1S/C34H25NO4/c1-38-28-15-11-26(12-16-28)35(27-13-17-29(39-2)18-14-27)25-9-7-22(8-10-25)19-32-33(36)30-20-23-5-3-4-6-24(23)21-31(30)34(32)37/h3-21H,1-2H3. The Labute approximate surface area is 226 Å². The first-order valence-corrected chi connectivity index (χ1v) is 12.6. The number of ether oxygens (including phenoxy) is 2. The molecule has 0 saturated heterocycles. The molecule has 0 radical (unpaired) electrons. The molecule has 0 fully saturated rings. The molecule has 5 aromatic rings. The number of Topliss-reactive ketones (excluding diaryl/α,β-unsaturated/α-hetero) is 2. The predicted molar refractivity (Wildman–Crippen MR) is 155 cm³/mol. The van der Waals surface area contributed by atoms with Crippen LogP contribution in [0, 0.1) is 0 Å². The monoisotopic (exact) mass is 511 g/mol. The molecule has 1 aliphatic carbocycles. The molecule has 190 valence electrons. The number of hydrogen-bond acceptors (Lipinski definition) is 5. The van der Waals surface area contributed by atoms with Gasteiger partial charge in [0.1, 0.15) is 11.5 Å². The largest absolute Gasteiger partial charge is 0.497 e. The highest BCUT2D eigenvalue weighted by atomic mass is 16.5. The third-order valence-corrected chi connectivity index (χ3v) is 6.99. The van der Waals surface area contributed by atoms with Gasteiger partial charge in [-0.3, -0.25) is 9.59 Å². The summed E-state index contributed by atoms with van der Waals surface area (Å²) in [5, 5.41) is 1.89. The number of carbonyl (C=O) groups is 2. The quantitative estimate of drug-likeness (QED) is 0.172. The lowest BCUT2D eigenvalue weighted by Crippen LogP contribution is -2.09. The number of nitrogens with zero attached hydrogens (tertiary/aromatic N) is 1. The highest BCUT2D eigenvalue weighted by molar-refractivity contribution is 6.42. The molecule has 39 heavy (non-hydrogen) atoms. The van der Waals surface area contributed by atoms with Crippen LogP contribution in [-0.4, -0.2) is 25.8 Å². The number of hydrogen-bond donors (Lipinski definition) is 0. The average Bonchev–Trinajstić information content (AvgIpc) is 3.21. The van der Waals surface area contributed by atoms with E-state index in [2.05, 4.69) is 4.90 Å². The van der Waals surface area contributed by atoms with Crippen LogP contribution in [-0.2, 0) is 0 Å². The smallest absolute Gasteiger partial charge is 0.197 e. The van der Waals surface area contributed by atoms with Crippen LogP contribution in [0.15, 0.2) is 115 Å². The van der Waals surface area contributed by atoms with Crippen LogP contribution in [0.1, 0.15) is 26.3 Å². The van der Waals surface area contributed by atoms with E-state index in [1.165, 1.54) is 0 Å². The van der Waals surface area contributed by atoms with E-state index in [0.29, 0.717) is 11.1 Å². The predicted octanol–water partition coefficient (Wildman–Crippen LogP) is 7.79. The summed E-state index contributed by atoms with van der Waals surface area (Å²) in [5.41, 5.74) is 4.73. The van der Waals surface area contributed by atoms with Crippen LogP contribution in [0.5, 0.6) is 11.5 Å².